The average molecular weight is 229 g/mol. The van der Waals surface area contributed by atoms with E-state index in [4.69, 9.17) is 4.98 Å². The Balaban J connectivity index is 2.11. The van der Waals surface area contributed by atoms with E-state index in [2.05, 4.69) is 23.0 Å². The second kappa shape index (κ2) is 3.83. The van der Waals surface area contributed by atoms with Gasteiger partial charge in [0.1, 0.15) is 5.82 Å². The number of rotatable bonds is 2. The maximum atomic E-state index is 4.73. The standard InChI is InChI=1S/C14H19N3/c1-3-14(8-4-5-9-14)13-16-11-7-6-10(2)15-12(11)17-13/h6-7H,3-5,8-9H2,1-2H3,(H,15,16,17). The zero-order valence-corrected chi connectivity index (χ0v) is 10.6. The molecule has 0 atom stereocenters. The molecule has 0 aliphatic heterocycles. The number of aryl methyl sites for hydroxylation is 1. The molecule has 0 bridgehead atoms. The first-order chi connectivity index (χ1) is 8.23. The molecule has 0 amide bonds. The first-order valence-corrected chi connectivity index (χ1v) is 6.57. The average Bonchev–Trinajstić information content (AvgIpc) is 2.94. The first-order valence-electron chi connectivity index (χ1n) is 6.57. The fourth-order valence-corrected chi connectivity index (χ4v) is 3.05. The van der Waals surface area contributed by atoms with Gasteiger partial charge in [0, 0.05) is 11.1 Å². The molecule has 0 aromatic carbocycles. The van der Waals surface area contributed by atoms with Crippen molar-refractivity contribution in [2.24, 2.45) is 0 Å². The molecule has 1 N–H and O–H groups in total. The Morgan fingerprint density at radius 1 is 1.24 bits per heavy atom. The maximum absolute atomic E-state index is 4.73. The number of nitrogens with zero attached hydrogens (tertiary/aromatic N) is 2. The summed E-state index contributed by atoms with van der Waals surface area (Å²) in [4.78, 5) is 12.7. The van der Waals surface area contributed by atoms with Gasteiger partial charge >= 0.3 is 0 Å². The van der Waals surface area contributed by atoms with Gasteiger partial charge in [-0.3, -0.25) is 0 Å². The third kappa shape index (κ3) is 1.65. The van der Waals surface area contributed by atoms with E-state index in [-0.39, 0.29) is 5.41 Å². The van der Waals surface area contributed by atoms with E-state index >= 15 is 0 Å². The Labute approximate surface area is 102 Å². The number of aromatic nitrogens is 3. The van der Waals surface area contributed by atoms with E-state index in [1.807, 2.05) is 13.0 Å². The van der Waals surface area contributed by atoms with Crippen LogP contribution in [0, 0.1) is 6.92 Å². The van der Waals surface area contributed by atoms with Gasteiger partial charge in [0.15, 0.2) is 5.65 Å². The Morgan fingerprint density at radius 2 is 2.00 bits per heavy atom. The van der Waals surface area contributed by atoms with Crippen LogP contribution < -0.4 is 0 Å². The molecule has 2 aromatic heterocycles. The van der Waals surface area contributed by atoms with E-state index in [9.17, 15) is 0 Å². The van der Waals surface area contributed by atoms with E-state index in [1.54, 1.807) is 0 Å². The molecule has 1 saturated carbocycles. The summed E-state index contributed by atoms with van der Waals surface area (Å²) in [5, 5.41) is 0. The molecule has 3 heteroatoms. The van der Waals surface area contributed by atoms with Crippen molar-refractivity contribution in [3.63, 3.8) is 0 Å². The Morgan fingerprint density at radius 3 is 2.71 bits per heavy atom. The molecular weight excluding hydrogens is 210 g/mol. The molecule has 1 aliphatic carbocycles. The highest BCUT2D eigenvalue weighted by atomic mass is 15.0. The molecule has 3 nitrogen and oxygen atoms in total. The molecule has 2 aromatic rings. The lowest BCUT2D eigenvalue weighted by molar-refractivity contribution is 0.403. The van der Waals surface area contributed by atoms with Gasteiger partial charge in [0.2, 0.25) is 0 Å². The monoisotopic (exact) mass is 229 g/mol. The van der Waals surface area contributed by atoms with Crippen LogP contribution in [0.1, 0.15) is 50.5 Å². The number of nitrogens with one attached hydrogen (secondary N) is 1. The lowest BCUT2D eigenvalue weighted by Gasteiger charge is -2.24. The van der Waals surface area contributed by atoms with Crippen molar-refractivity contribution < 1.29 is 0 Å². The number of aromatic amines is 1. The van der Waals surface area contributed by atoms with Gasteiger partial charge < -0.3 is 4.98 Å². The lowest BCUT2D eigenvalue weighted by atomic mass is 9.83. The Kier molecular flexibility index (Phi) is 2.42. The molecule has 0 unspecified atom stereocenters. The van der Waals surface area contributed by atoms with Crippen molar-refractivity contribution >= 4 is 11.2 Å². The van der Waals surface area contributed by atoms with E-state index in [0.29, 0.717) is 0 Å². The minimum absolute atomic E-state index is 0.286. The van der Waals surface area contributed by atoms with Gasteiger partial charge in [-0.25, -0.2) is 9.97 Å². The van der Waals surface area contributed by atoms with E-state index in [1.165, 1.54) is 32.1 Å². The van der Waals surface area contributed by atoms with Gasteiger partial charge in [-0.05, 0) is 38.3 Å². The number of hydrogen-bond donors (Lipinski definition) is 1. The quantitative estimate of drug-likeness (QED) is 0.856. The number of imidazole rings is 1. The van der Waals surface area contributed by atoms with Gasteiger partial charge in [-0.1, -0.05) is 19.8 Å². The summed E-state index contributed by atoms with van der Waals surface area (Å²) in [5.41, 5.74) is 3.27. The summed E-state index contributed by atoms with van der Waals surface area (Å²) in [5.74, 6) is 1.16. The molecule has 17 heavy (non-hydrogen) atoms. The second-order valence-corrected chi connectivity index (χ2v) is 5.25. The van der Waals surface area contributed by atoms with Crippen molar-refractivity contribution in [1.82, 2.24) is 15.0 Å². The zero-order valence-electron chi connectivity index (χ0n) is 10.6. The van der Waals surface area contributed by atoms with Crippen molar-refractivity contribution in [3.05, 3.63) is 23.7 Å². The van der Waals surface area contributed by atoms with Gasteiger partial charge in [-0.2, -0.15) is 0 Å². The topological polar surface area (TPSA) is 41.6 Å². The predicted octanol–water partition coefficient (Wildman–Crippen LogP) is 3.49. The van der Waals surface area contributed by atoms with Crippen LogP contribution in [0.3, 0.4) is 0 Å². The summed E-state index contributed by atoms with van der Waals surface area (Å²) in [6.45, 7) is 4.29. The molecule has 0 saturated heterocycles. The molecule has 0 radical (unpaired) electrons. The highest BCUT2D eigenvalue weighted by molar-refractivity contribution is 5.70. The highest BCUT2D eigenvalue weighted by Gasteiger charge is 2.36. The largest absolute Gasteiger partial charge is 0.340 e. The minimum Gasteiger partial charge on any atom is -0.340 e. The summed E-state index contributed by atoms with van der Waals surface area (Å²) in [6.07, 6.45) is 6.37. The number of pyridine rings is 1. The third-order valence-electron chi connectivity index (χ3n) is 4.22. The van der Waals surface area contributed by atoms with Crippen LogP contribution >= 0.6 is 0 Å². The third-order valence-corrected chi connectivity index (χ3v) is 4.22. The molecule has 3 rings (SSSR count). The normalized spacial score (nSPS) is 18.9. The summed E-state index contributed by atoms with van der Waals surface area (Å²) < 4.78 is 0. The maximum Gasteiger partial charge on any atom is 0.177 e. The van der Waals surface area contributed by atoms with Crippen LogP contribution in [0.2, 0.25) is 0 Å². The van der Waals surface area contributed by atoms with Crippen LogP contribution in [-0.4, -0.2) is 15.0 Å². The van der Waals surface area contributed by atoms with Gasteiger partial charge in [-0.15, -0.1) is 0 Å². The Hall–Kier alpha value is -1.38. The fourth-order valence-electron chi connectivity index (χ4n) is 3.05. The van der Waals surface area contributed by atoms with Crippen molar-refractivity contribution in [2.75, 3.05) is 0 Å². The zero-order chi connectivity index (χ0) is 11.9. The van der Waals surface area contributed by atoms with Gasteiger partial charge in [0.05, 0.1) is 5.52 Å². The van der Waals surface area contributed by atoms with Crippen molar-refractivity contribution in [1.29, 1.82) is 0 Å². The molecule has 1 aliphatic rings. The number of H-pyrrole nitrogens is 1. The number of fused-ring (bicyclic) bond motifs is 1. The Bertz CT molecular complexity index is 535. The van der Waals surface area contributed by atoms with Crippen LogP contribution in [0.15, 0.2) is 12.1 Å². The summed E-state index contributed by atoms with van der Waals surface area (Å²) in [7, 11) is 0. The van der Waals surface area contributed by atoms with E-state index < -0.39 is 0 Å². The summed E-state index contributed by atoms with van der Waals surface area (Å²) >= 11 is 0. The second-order valence-electron chi connectivity index (χ2n) is 5.25. The number of hydrogen-bond acceptors (Lipinski definition) is 2. The molecule has 1 fully saturated rings. The predicted molar refractivity (Wildman–Crippen MR) is 69.1 cm³/mol. The lowest BCUT2D eigenvalue weighted by Crippen LogP contribution is -2.22. The molecule has 0 spiro atoms. The minimum atomic E-state index is 0.286. The first kappa shape index (κ1) is 10.8. The van der Waals surface area contributed by atoms with Gasteiger partial charge in [0.25, 0.3) is 0 Å². The molecule has 2 heterocycles. The smallest absolute Gasteiger partial charge is 0.177 e. The molecular formula is C14H19N3. The van der Waals surface area contributed by atoms with Crippen LogP contribution in [-0.2, 0) is 5.41 Å². The molecule has 90 valence electrons. The van der Waals surface area contributed by atoms with Crippen molar-refractivity contribution in [2.45, 2.75) is 51.4 Å². The van der Waals surface area contributed by atoms with Crippen LogP contribution in [0.5, 0.6) is 0 Å². The van der Waals surface area contributed by atoms with Crippen molar-refractivity contribution in [3.8, 4) is 0 Å². The van der Waals surface area contributed by atoms with E-state index in [0.717, 1.165) is 22.7 Å². The van der Waals surface area contributed by atoms with Crippen LogP contribution in [0.25, 0.3) is 11.2 Å². The van der Waals surface area contributed by atoms with Crippen LogP contribution in [0.4, 0.5) is 0 Å². The summed E-state index contributed by atoms with van der Waals surface area (Å²) in [6, 6.07) is 4.13. The highest BCUT2D eigenvalue weighted by Crippen LogP contribution is 2.42. The fraction of sp³-hybridized carbons (Fsp3) is 0.571. The SMILES string of the molecule is CCC1(c2nc3nc(C)ccc3[nH]2)CCCC1.